The van der Waals surface area contributed by atoms with Crippen molar-refractivity contribution in [3.63, 3.8) is 0 Å². The van der Waals surface area contributed by atoms with Crippen molar-refractivity contribution < 1.29 is 20.1 Å². The molecular weight excluding hydrogens is 208 g/mol. The van der Waals surface area contributed by atoms with E-state index in [9.17, 15) is 0 Å². The van der Waals surface area contributed by atoms with Crippen molar-refractivity contribution >= 4 is 6.16 Å². The van der Waals surface area contributed by atoms with Gasteiger partial charge < -0.3 is 15.3 Å². The Morgan fingerprint density at radius 3 is 1.44 bits per heavy atom. The first kappa shape index (κ1) is 17.6. The van der Waals surface area contributed by atoms with Crippen molar-refractivity contribution in [2.24, 2.45) is 0 Å². The minimum absolute atomic E-state index is 0.371. The second-order valence-electron chi connectivity index (χ2n) is 3.83. The van der Waals surface area contributed by atoms with E-state index < -0.39 is 6.16 Å². The molecule has 0 fully saturated rings. The Hall–Kier alpha value is -0.770. The van der Waals surface area contributed by atoms with Crippen LogP contribution in [-0.4, -0.2) is 28.1 Å². The highest BCUT2D eigenvalue weighted by Crippen LogP contribution is 2.08. The lowest BCUT2D eigenvalue weighted by molar-refractivity contribution is 0.137. The van der Waals surface area contributed by atoms with Gasteiger partial charge in [0.1, 0.15) is 0 Å². The van der Waals surface area contributed by atoms with Crippen LogP contribution in [0.5, 0.6) is 0 Å². The molecule has 0 aromatic heterocycles. The van der Waals surface area contributed by atoms with Crippen molar-refractivity contribution in [3.8, 4) is 0 Å². The fourth-order valence-corrected chi connectivity index (χ4v) is 1.42. The van der Waals surface area contributed by atoms with Crippen molar-refractivity contribution in [3.05, 3.63) is 0 Å². The maximum absolute atomic E-state index is 8.56. The van der Waals surface area contributed by atoms with Crippen LogP contribution in [-0.2, 0) is 0 Å². The van der Waals surface area contributed by atoms with Gasteiger partial charge in [-0.2, -0.15) is 0 Å². The molecule has 0 unspecified atom stereocenters. The van der Waals surface area contributed by atoms with Crippen molar-refractivity contribution in [2.75, 3.05) is 6.61 Å². The molecule has 0 amide bonds. The topological polar surface area (TPSA) is 77.8 Å². The van der Waals surface area contributed by atoms with Crippen LogP contribution in [0.2, 0.25) is 0 Å². The number of hydrogen-bond donors (Lipinski definition) is 3. The molecule has 0 aromatic carbocycles. The monoisotopic (exact) mass is 234 g/mol. The summed E-state index contributed by atoms with van der Waals surface area (Å²) in [5, 5.41) is 22.5. The van der Waals surface area contributed by atoms with Crippen LogP contribution >= 0.6 is 0 Å². The summed E-state index contributed by atoms with van der Waals surface area (Å²) in [7, 11) is 0. The second-order valence-corrected chi connectivity index (χ2v) is 3.83. The highest BCUT2D eigenvalue weighted by molar-refractivity contribution is 5.53. The van der Waals surface area contributed by atoms with Crippen LogP contribution < -0.4 is 0 Å². The Balaban J connectivity index is 0. The Bertz CT molecular complexity index is 123. The third-order valence-corrected chi connectivity index (χ3v) is 2.26. The molecule has 0 aromatic rings. The Morgan fingerprint density at radius 1 is 0.812 bits per heavy atom. The van der Waals surface area contributed by atoms with Gasteiger partial charge in [0.15, 0.2) is 0 Å². The van der Waals surface area contributed by atoms with E-state index >= 15 is 0 Å². The van der Waals surface area contributed by atoms with Gasteiger partial charge in [-0.05, 0) is 6.42 Å². The number of aliphatic hydroxyl groups excluding tert-OH is 1. The maximum atomic E-state index is 8.56. The van der Waals surface area contributed by atoms with Gasteiger partial charge in [0.05, 0.1) is 0 Å². The second kappa shape index (κ2) is 16.7. The number of unbranched alkanes of at least 4 members (excludes halogenated alkanes) is 8. The summed E-state index contributed by atoms with van der Waals surface area (Å²) >= 11 is 0. The summed E-state index contributed by atoms with van der Waals surface area (Å²) < 4.78 is 0. The molecule has 0 aliphatic rings. The summed E-state index contributed by atoms with van der Waals surface area (Å²) in [6, 6.07) is 0. The van der Waals surface area contributed by atoms with Crippen LogP contribution in [0, 0.1) is 0 Å². The molecule has 0 heterocycles. The van der Waals surface area contributed by atoms with Gasteiger partial charge in [0.25, 0.3) is 0 Å². The predicted molar refractivity (Wildman–Crippen MR) is 65.0 cm³/mol. The first-order valence-corrected chi connectivity index (χ1v) is 6.17. The highest BCUT2D eigenvalue weighted by Gasteiger charge is 1.90. The average molecular weight is 234 g/mol. The van der Waals surface area contributed by atoms with E-state index in [-0.39, 0.29) is 0 Å². The summed E-state index contributed by atoms with van der Waals surface area (Å²) in [5.74, 6) is 0. The summed E-state index contributed by atoms with van der Waals surface area (Å²) in [6.07, 6.45) is 10.0. The van der Waals surface area contributed by atoms with E-state index in [1.165, 1.54) is 51.4 Å². The SMILES string of the molecule is CCCCCCCCCCCO.O=C(O)O. The van der Waals surface area contributed by atoms with Crippen LogP contribution in [0.25, 0.3) is 0 Å². The largest absolute Gasteiger partial charge is 0.503 e. The van der Waals surface area contributed by atoms with Gasteiger partial charge in [-0.15, -0.1) is 0 Å². The van der Waals surface area contributed by atoms with Crippen LogP contribution in [0.3, 0.4) is 0 Å². The quantitative estimate of drug-likeness (QED) is 0.531. The summed E-state index contributed by atoms with van der Waals surface area (Å²) in [5.41, 5.74) is 0. The van der Waals surface area contributed by atoms with Gasteiger partial charge >= 0.3 is 6.16 Å². The van der Waals surface area contributed by atoms with E-state index in [4.69, 9.17) is 20.1 Å². The number of aliphatic hydroxyl groups is 1. The smallest absolute Gasteiger partial charge is 0.450 e. The lowest BCUT2D eigenvalue weighted by atomic mass is 10.1. The molecule has 0 radical (unpaired) electrons. The Kier molecular flexibility index (Phi) is 18.3. The number of carbonyl (C=O) groups is 1. The van der Waals surface area contributed by atoms with Gasteiger partial charge in [-0.1, -0.05) is 58.3 Å². The molecular formula is C12H26O4. The molecule has 3 N–H and O–H groups in total. The average Bonchev–Trinajstić information content (AvgIpc) is 2.21. The van der Waals surface area contributed by atoms with Gasteiger partial charge in [-0.3, -0.25) is 0 Å². The lowest BCUT2D eigenvalue weighted by Crippen LogP contribution is -1.84. The number of carboxylic acid groups (broad SMARTS) is 2. The zero-order valence-electron chi connectivity index (χ0n) is 10.3. The highest BCUT2D eigenvalue weighted by atomic mass is 16.6. The Labute approximate surface area is 98.3 Å². The molecule has 0 aliphatic carbocycles. The fraction of sp³-hybridized carbons (Fsp3) is 0.917. The standard InChI is InChI=1S/C11H24O.CH2O3/c1-2-3-4-5-6-7-8-9-10-11-12;2-1(3)4/h12H,2-11H2,1H3;(H2,2,3,4). The lowest BCUT2D eigenvalue weighted by Gasteiger charge is -1.99. The maximum Gasteiger partial charge on any atom is 0.503 e. The molecule has 4 heteroatoms. The molecule has 0 bridgehead atoms. The minimum Gasteiger partial charge on any atom is -0.450 e. The van der Waals surface area contributed by atoms with E-state index in [0.717, 1.165) is 6.42 Å². The zero-order valence-corrected chi connectivity index (χ0v) is 10.3. The van der Waals surface area contributed by atoms with Gasteiger partial charge in [0, 0.05) is 6.61 Å². The van der Waals surface area contributed by atoms with E-state index in [1.807, 2.05) is 0 Å². The molecule has 0 spiro atoms. The van der Waals surface area contributed by atoms with Crippen molar-refractivity contribution in [2.45, 2.75) is 64.7 Å². The van der Waals surface area contributed by atoms with Gasteiger partial charge in [0.2, 0.25) is 0 Å². The summed E-state index contributed by atoms with van der Waals surface area (Å²) in [4.78, 5) is 8.56. The molecule has 4 nitrogen and oxygen atoms in total. The molecule has 0 saturated heterocycles. The van der Waals surface area contributed by atoms with E-state index in [1.54, 1.807) is 0 Å². The normalized spacial score (nSPS) is 9.38. The third-order valence-electron chi connectivity index (χ3n) is 2.26. The summed E-state index contributed by atoms with van der Waals surface area (Å²) in [6.45, 7) is 2.62. The predicted octanol–water partition coefficient (Wildman–Crippen LogP) is 3.73. The molecule has 16 heavy (non-hydrogen) atoms. The van der Waals surface area contributed by atoms with Crippen LogP contribution in [0.15, 0.2) is 0 Å². The molecule has 0 saturated carbocycles. The first-order chi connectivity index (χ1) is 7.65. The van der Waals surface area contributed by atoms with Crippen molar-refractivity contribution in [1.82, 2.24) is 0 Å². The first-order valence-electron chi connectivity index (χ1n) is 6.17. The Morgan fingerprint density at radius 2 is 1.12 bits per heavy atom. The number of rotatable bonds is 9. The molecule has 0 aliphatic heterocycles. The van der Waals surface area contributed by atoms with Crippen LogP contribution in [0.4, 0.5) is 4.79 Å². The zero-order chi connectivity index (χ0) is 12.6. The fourth-order valence-electron chi connectivity index (χ4n) is 1.42. The van der Waals surface area contributed by atoms with Crippen LogP contribution in [0.1, 0.15) is 64.7 Å². The molecule has 0 rings (SSSR count). The molecule has 98 valence electrons. The molecule has 0 atom stereocenters. The van der Waals surface area contributed by atoms with E-state index in [0.29, 0.717) is 6.61 Å². The van der Waals surface area contributed by atoms with E-state index in [2.05, 4.69) is 6.92 Å². The van der Waals surface area contributed by atoms with Crippen molar-refractivity contribution in [1.29, 1.82) is 0 Å². The van der Waals surface area contributed by atoms with Gasteiger partial charge in [-0.25, -0.2) is 4.79 Å². The number of hydrogen-bond acceptors (Lipinski definition) is 2. The minimum atomic E-state index is -1.83. The third kappa shape index (κ3) is 29.2.